The first-order chi connectivity index (χ1) is 12.3. The van der Waals surface area contributed by atoms with Gasteiger partial charge in [-0.2, -0.15) is 0 Å². The number of pyridine rings is 2. The largest absolute Gasteiger partial charge is 0.475 e. The first kappa shape index (κ1) is 16.5. The molecule has 132 valence electrons. The summed E-state index contributed by atoms with van der Waals surface area (Å²) in [5, 5.41) is 0. The van der Waals surface area contributed by atoms with Gasteiger partial charge >= 0.3 is 0 Å². The van der Waals surface area contributed by atoms with E-state index in [4.69, 9.17) is 9.47 Å². The second kappa shape index (κ2) is 7.50. The molecule has 1 spiro atoms. The van der Waals surface area contributed by atoms with Gasteiger partial charge in [0.25, 0.3) is 0 Å². The molecule has 0 unspecified atom stereocenters. The van der Waals surface area contributed by atoms with Crippen molar-refractivity contribution in [3.63, 3.8) is 0 Å². The lowest BCUT2D eigenvalue weighted by molar-refractivity contribution is 0.0462. The molecule has 25 heavy (non-hydrogen) atoms. The van der Waals surface area contributed by atoms with Crippen LogP contribution < -0.4 is 4.74 Å². The molecule has 0 bridgehead atoms. The minimum absolute atomic E-state index is 0.187. The highest BCUT2D eigenvalue weighted by molar-refractivity contribution is 5.10. The van der Waals surface area contributed by atoms with Crippen LogP contribution in [0.15, 0.2) is 48.9 Å². The van der Waals surface area contributed by atoms with Gasteiger partial charge in [-0.05, 0) is 55.5 Å². The quantitative estimate of drug-likeness (QED) is 0.838. The molecule has 0 N–H and O–H groups in total. The number of ether oxygens (including phenoxy) is 2. The summed E-state index contributed by atoms with van der Waals surface area (Å²) >= 11 is 0. The molecule has 4 rings (SSSR count). The number of piperidine rings is 1. The van der Waals surface area contributed by atoms with E-state index < -0.39 is 0 Å². The molecule has 0 radical (unpaired) electrons. The van der Waals surface area contributed by atoms with Crippen molar-refractivity contribution < 1.29 is 9.47 Å². The zero-order chi connectivity index (χ0) is 17.0. The standard InChI is InChI=1S/C20H25N3O2/c1-2-9-22-19(5-1)24-15-18-12-20(16-25-18)6-10-23(11-7-20)14-17-4-3-8-21-13-17/h1-5,8-9,13,18H,6-7,10-12,14-16H2/t18-/m1/s1. The smallest absolute Gasteiger partial charge is 0.213 e. The molecule has 5 heteroatoms. The Morgan fingerprint density at radius 3 is 2.84 bits per heavy atom. The van der Waals surface area contributed by atoms with Crippen molar-refractivity contribution in [2.24, 2.45) is 5.41 Å². The van der Waals surface area contributed by atoms with Crippen LogP contribution in [-0.4, -0.2) is 47.3 Å². The third-order valence-electron chi connectivity index (χ3n) is 5.39. The molecule has 2 aromatic heterocycles. The molecular weight excluding hydrogens is 314 g/mol. The maximum Gasteiger partial charge on any atom is 0.213 e. The first-order valence-corrected chi connectivity index (χ1v) is 9.08. The zero-order valence-corrected chi connectivity index (χ0v) is 14.5. The van der Waals surface area contributed by atoms with Gasteiger partial charge in [0.05, 0.1) is 12.7 Å². The third-order valence-corrected chi connectivity index (χ3v) is 5.39. The van der Waals surface area contributed by atoms with Gasteiger partial charge in [-0.3, -0.25) is 9.88 Å². The average Bonchev–Trinajstić information content (AvgIpc) is 3.07. The summed E-state index contributed by atoms with van der Waals surface area (Å²) in [6.45, 7) is 4.72. The normalized spacial score (nSPS) is 23.0. The maximum atomic E-state index is 6.04. The number of hydrogen-bond donors (Lipinski definition) is 0. The predicted octanol–water partition coefficient (Wildman–Crippen LogP) is 2.93. The molecule has 2 aliphatic heterocycles. The molecule has 5 nitrogen and oxygen atoms in total. The van der Waals surface area contributed by atoms with Gasteiger partial charge in [-0.25, -0.2) is 4.98 Å². The van der Waals surface area contributed by atoms with Crippen molar-refractivity contribution in [3.05, 3.63) is 54.5 Å². The fourth-order valence-electron chi connectivity index (χ4n) is 3.90. The number of nitrogens with zero attached hydrogens (tertiary/aromatic N) is 3. The van der Waals surface area contributed by atoms with E-state index >= 15 is 0 Å². The monoisotopic (exact) mass is 339 g/mol. The van der Waals surface area contributed by atoms with Crippen LogP contribution in [0.2, 0.25) is 0 Å². The van der Waals surface area contributed by atoms with E-state index in [9.17, 15) is 0 Å². The fourth-order valence-corrected chi connectivity index (χ4v) is 3.90. The second-order valence-corrected chi connectivity index (χ2v) is 7.25. The fraction of sp³-hybridized carbons (Fsp3) is 0.500. The molecule has 2 aliphatic rings. The van der Waals surface area contributed by atoms with E-state index in [0.29, 0.717) is 17.9 Å². The van der Waals surface area contributed by atoms with Gasteiger partial charge in [0, 0.05) is 31.2 Å². The van der Waals surface area contributed by atoms with Crippen molar-refractivity contribution >= 4 is 0 Å². The van der Waals surface area contributed by atoms with E-state index in [2.05, 4.69) is 20.9 Å². The highest BCUT2D eigenvalue weighted by Gasteiger charge is 2.42. The maximum absolute atomic E-state index is 6.04. The lowest BCUT2D eigenvalue weighted by Crippen LogP contribution is -2.40. The lowest BCUT2D eigenvalue weighted by Gasteiger charge is -2.38. The van der Waals surface area contributed by atoms with Gasteiger partial charge in [-0.15, -0.1) is 0 Å². The van der Waals surface area contributed by atoms with Crippen LogP contribution in [-0.2, 0) is 11.3 Å². The van der Waals surface area contributed by atoms with Crippen LogP contribution in [0.25, 0.3) is 0 Å². The molecule has 4 heterocycles. The Hall–Kier alpha value is -1.98. The molecular formula is C20H25N3O2. The Balaban J connectivity index is 1.24. The minimum Gasteiger partial charge on any atom is -0.475 e. The summed E-state index contributed by atoms with van der Waals surface area (Å²) in [6.07, 6.45) is 9.24. The molecule has 0 amide bonds. The van der Waals surface area contributed by atoms with Crippen molar-refractivity contribution in [2.75, 3.05) is 26.3 Å². The number of rotatable bonds is 5. The molecule has 0 saturated carbocycles. The van der Waals surface area contributed by atoms with E-state index in [-0.39, 0.29) is 6.10 Å². The second-order valence-electron chi connectivity index (χ2n) is 7.25. The third kappa shape index (κ3) is 4.17. The summed E-state index contributed by atoms with van der Waals surface area (Å²) in [6, 6.07) is 9.89. The van der Waals surface area contributed by atoms with Gasteiger partial charge < -0.3 is 9.47 Å². The van der Waals surface area contributed by atoms with Crippen LogP contribution in [0.4, 0.5) is 0 Å². The highest BCUT2D eigenvalue weighted by Crippen LogP contribution is 2.42. The Morgan fingerprint density at radius 1 is 1.16 bits per heavy atom. The SMILES string of the molecule is c1ccc(OC[C@H]2CC3(CCN(Cc4cccnc4)CC3)CO2)nc1. The number of likely N-dealkylation sites (tertiary alicyclic amines) is 1. The van der Waals surface area contributed by atoms with Gasteiger partial charge in [0.2, 0.25) is 5.88 Å². The van der Waals surface area contributed by atoms with E-state index in [1.54, 1.807) is 6.20 Å². The molecule has 0 aromatic carbocycles. The molecule has 2 fully saturated rings. The average molecular weight is 339 g/mol. The molecule has 2 aromatic rings. The van der Waals surface area contributed by atoms with Gasteiger partial charge in [-0.1, -0.05) is 12.1 Å². The van der Waals surface area contributed by atoms with E-state index in [1.807, 2.05) is 36.7 Å². The molecule has 1 atom stereocenters. The van der Waals surface area contributed by atoms with Crippen molar-refractivity contribution in [3.8, 4) is 5.88 Å². The van der Waals surface area contributed by atoms with Crippen molar-refractivity contribution in [1.29, 1.82) is 0 Å². The van der Waals surface area contributed by atoms with Gasteiger partial charge in [0.15, 0.2) is 0 Å². The Kier molecular flexibility index (Phi) is 4.95. The van der Waals surface area contributed by atoms with E-state index in [1.165, 1.54) is 18.4 Å². The summed E-state index contributed by atoms with van der Waals surface area (Å²) in [5.74, 6) is 0.679. The highest BCUT2D eigenvalue weighted by atomic mass is 16.5. The Labute approximate surface area is 149 Å². The number of aromatic nitrogens is 2. The minimum atomic E-state index is 0.187. The van der Waals surface area contributed by atoms with Crippen LogP contribution in [0.1, 0.15) is 24.8 Å². The van der Waals surface area contributed by atoms with Crippen LogP contribution in [0, 0.1) is 5.41 Å². The van der Waals surface area contributed by atoms with Crippen LogP contribution in [0.3, 0.4) is 0 Å². The molecule has 0 aliphatic carbocycles. The predicted molar refractivity (Wildman–Crippen MR) is 95.3 cm³/mol. The van der Waals surface area contributed by atoms with E-state index in [0.717, 1.165) is 32.7 Å². The molecule has 2 saturated heterocycles. The van der Waals surface area contributed by atoms with Crippen LogP contribution in [0.5, 0.6) is 5.88 Å². The van der Waals surface area contributed by atoms with Crippen molar-refractivity contribution in [2.45, 2.75) is 31.9 Å². The topological polar surface area (TPSA) is 47.5 Å². The Bertz CT molecular complexity index is 657. The van der Waals surface area contributed by atoms with Crippen LogP contribution >= 0.6 is 0 Å². The van der Waals surface area contributed by atoms with Crippen molar-refractivity contribution in [1.82, 2.24) is 14.9 Å². The van der Waals surface area contributed by atoms with Gasteiger partial charge in [0.1, 0.15) is 6.61 Å². The summed E-state index contributed by atoms with van der Waals surface area (Å²) in [5.41, 5.74) is 1.63. The zero-order valence-electron chi connectivity index (χ0n) is 14.5. The summed E-state index contributed by atoms with van der Waals surface area (Å²) in [7, 11) is 0. The summed E-state index contributed by atoms with van der Waals surface area (Å²) < 4.78 is 11.8. The summed E-state index contributed by atoms with van der Waals surface area (Å²) in [4.78, 5) is 10.9. The first-order valence-electron chi connectivity index (χ1n) is 9.08. The number of hydrogen-bond acceptors (Lipinski definition) is 5. The lowest BCUT2D eigenvalue weighted by atomic mass is 9.76. The Morgan fingerprint density at radius 2 is 2.08 bits per heavy atom.